The van der Waals surface area contributed by atoms with Crippen LogP contribution in [0.3, 0.4) is 0 Å². The van der Waals surface area contributed by atoms with Crippen LogP contribution in [0, 0.1) is 13.8 Å². The van der Waals surface area contributed by atoms with E-state index in [2.05, 4.69) is 46.6 Å². The molecule has 0 amide bonds. The predicted molar refractivity (Wildman–Crippen MR) is 69.1 cm³/mol. The van der Waals surface area contributed by atoms with Crippen molar-refractivity contribution in [3.05, 3.63) is 41.3 Å². The van der Waals surface area contributed by atoms with Crippen LogP contribution in [-0.2, 0) is 4.43 Å². The van der Waals surface area contributed by atoms with Gasteiger partial charge in [0.1, 0.15) is 5.76 Å². The SMILES string of the molecule is Cc1ccc(-c2nc(CI)c(C)o2)cc1. The quantitative estimate of drug-likeness (QED) is 0.621. The maximum absolute atomic E-state index is 5.62. The van der Waals surface area contributed by atoms with Gasteiger partial charge in [0, 0.05) is 9.99 Å². The van der Waals surface area contributed by atoms with Crippen molar-refractivity contribution in [3.63, 3.8) is 0 Å². The third-order valence-corrected chi connectivity index (χ3v) is 3.04. The first-order chi connectivity index (χ1) is 7.20. The van der Waals surface area contributed by atoms with Gasteiger partial charge in [-0.05, 0) is 26.0 Å². The highest BCUT2D eigenvalue weighted by molar-refractivity contribution is 14.1. The molecule has 0 spiro atoms. The molecule has 1 heterocycles. The van der Waals surface area contributed by atoms with E-state index in [1.54, 1.807) is 0 Å². The third kappa shape index (κ3) is 2.22. The van der Waals surface area contributed by atoms with Gasteiger partial charge in [-0.2, -0.15) is 0 Å². The fourth-order valence-corrected chi connectivity index (χ4v) is 2.08. The molecular formula is C12H12INO. The van der Waals surface area contributed by atoms with Crippen molar-refractivity contribution in [2.45, 2.75) is 18.3 Å². The lowest BCUT2D eigenvalue weighted by Gasteiger charge is -1.95. The van der Waals surface area contributed by atoms with Crippen LogP contribution in [0.4, 0.5) is 0 Å². The molecule has 1 aromatic heterocycles. The fourth-order valence-electron chi connectivity index (χ4n) is 1.37. The number of hydrogen-bond donors (Lipinski definition) is 0. The minimum Gasteiger partial charge on any atom is -0.441 e. The highest BCUT2D eigenvalue weighted by atomic mass is 127. The summed E-state index contributed by atoms with van der Waals surface area (Å²) >= 11 is 2.29. The molecule has 0 aliphatic heterocycles. The average molecular weight is 313 g/mol. The Labute approximate surface area is 103 Å². The van der Waals surface area contributed by atoms with Gasteiger partial charge in [0.2, 0.25) is 5.89 Å². The van der Waals surface area contributed by atoms with Gasteiger partial charge < -0.3 is 4.42 Å². The molecule has 2 nitrogen and oxygen atoms in total. The summed E-state index contributed by atoms with van der Waals surface area (Å²) in [5.41, 5.74) is 3.32. The van der Waals surface area contributed by atoms with Crippen molar-refractivity contribution in [1.82, 2.24) is 4.98 Å². The first-order valence-electron chi connectivity index (χ1n) is 4.80. The normalized spacial score (nSPS) is 10.6. The molecule has 1 aromatic carbocycles. The Kier molecular flexibility index (Phi) is 3.09. The largest absolute Gasteiger partial charge is 0.441 e. The van der Waals surface area contributed by atoms with Crippen molar-refractivity contribution in [2.24, 2.45) is 0 Å². The Bertz CT molecular complexity index is 459. The zero-order valence-electron chi connectivity index (χ0n) is 8.75. The maximum atomic E-state index is 5.62. The highest BCUT2D eigenvalue weighted by Gasteiger charge is 2.09. The molecule has 0 fully saturated rings. The summed E-state index contributed by atoms with van der Waals surface area (Å²) in [5.74, 6) is 1.64. The first kappa shape index (κ1) is 10.7. The molecule has 3 heteroatoms. The summed E-state index contributed by atoms with van der Waals surface area (Å²) in [7, 11) is 0. The molecule has 0 unspecified atom stereocenters. The number of aromatic nitrogens is 1. The molecule has 0 atom stereocenters. The van der Waals surface area contributed by atoms with Crippen molar-refractivity contribution in [3.8, 4) is 11.5 Å². The van der Waals surface area contributed by atoms with Crippen LogP contribution in [-0.4, -0.2) is 4.98 Å². The Hall–Kier alpha value is -0.840. The number of oxazole rings is 1. The Morgan fingerprint density at radius 3 is 2.40 bits per heavy atom. The second kappa shape index (κ2) is 4.35. The van der Waals surface area contributed by atoms with Crippen molar-refractivity contribution < 1.29 is 4.42 Å². The minimum absolute atomic E-state index is 0.721. The van der Waals surface area contributed by atoms with Gasteiger partial charge in [0.25, 0.3) is 0 Å². The maximum Gasteiger partial charge on any atom is 0.226 e. The molecule has 15 heavy (non-hydrogen) atoms. The summed E-state index contributed by atoms with van der Waals surface area (Å²) in [6, 6.07) is 8.21. The van der Waals surface area contributed by atoms with E-state index in [9.17, 15) is 0 Å². The molecule has 0 bridgehead atoms. The number of benzene rings is 1. The number of aryl methyl sites for hydroxylation is 2. The second-order valence-corrected chi connectivity index (χ2v) is 4.28. The lowest BCUT2D eigenvalue weighted by molar-refractivity contribution is 0.540. The lowest BCUT2D eigenvalue weighted by atomic mass is 10.1. The molecule has 0 aliphatic carbocycles. The van der Waals surface area contributed by atoms with Gasteiger partial charge in [0.05, 0.1) is 5.69 Å². The third-order valence-electron chi connectivity index (χ3n) is 2.32. The van der Waals surface area contributed by atoms with Gasteiger partial charge in [-0.1, -0.05) is 40.3 Å². The predicted octanol–water partition coefficient (Wildman–Crippen LogP) is 3.89. The van der Waals surface area contributed by atoms with E-state index in [0.29, 0.717) is 0 Å². The number of halogens is 1. The van der Waals surface area contributed by atoms with E-state index >= 15 is 0 Å². The number of nitrogens with zero attached hydrogens (tertiary/aromatic N) is 1. The van der Waals surface area contributed by atoms with E-state index in [1.165, 1.54) is 5.56 Å². The molecule has 0 N–H and O–H groups in total. The average Bonchev–Trinajstić information content (AvgIpc) is 2.61. The molecule has 0 saturated heterocycles. The summed E-state index contributed by atoms with van der Waals surface area (Å²) < 4.78 is 6.50. The van der Waals surface area contributed by atoms with Crippen LogP contribution in [0.1, 0.15) is 17.0 Å². The van der Waals surface area contributed by atoms with Gasteiger partial charge in [-0.15, -0.1) is 0 Å². The smallest absolute Gasteiger partial charge is 0.226 e. The van der Waals surface area contributed by atoms with Gasteiger partial charge in [-0.3, -0.25) is 0 Å². The molecular weight excluding hydrogens is 301 g/mol. The van der Waals surface area contributed by atoms with Crippen molar-refractivity contribution in [2.75, 3.05) is 0 Å². The van der Waals surface area contributed by atoms with Gasteiger partial charge >= 0.3 is 0 Å². The number of alkyl halides is 1. The summed E-state index contributed by atoms with van der Waals surface area (Å²) in [6.07, 6.45) is 0. The topological polar surface area (TPSA) is 26.0 Å². The first-order valence-corrected chi connectivity index (χ1v) is 6.32. The van der Waals surface area contributed by atoms with Crippen molar-refractivity contribution >= 4 is 22.6 Å². The van der Waals surface area contributed by atoms with E-state index in [4.69, 9.17) is 4.42 Å². The summed E-state index contributed by atoms with van der Waals surface area (Å²) in [5, 5.41) is 0. The molecule has 0 radical (unpaired) electrons. The van der Waals surface area contributed by atoms with E-state index in [0.717, 1.165) is 27.3 Å². The molecule has 2 aromatic rings. The Balaban J connectivity index is 2.41. The minimum atomic E-state index is 0.721. The Morgan fingerprint density at radius 1 is 1.20 bits per heavy atom. The molecule has 2 rings (SSSR count). The monoisotopic (exact) mass is 313 g/mol. The van der Waals surface area contributed by atoms with Crippen LogP contribution in [0.2, 0.25) is 0 Å². The zero-order chi connectivity index (χ0) is 10.8. The molecule has 0 aliphatic rings. The molecule has 78 valence electrons. The van der Waals surface area contributed by atoms with Crippen LogP contribution >= 0.6 is 22.6 Å². The van der Waals surface area contributed by atoms with Crippen molar-refractivity contribution in [1.29, 1.82) is 0 Å². The van der Waals surface area contributed by atoms with Crippen LogP contribution in [0.5, 0.6) is 0 Å². The number of rotatable bonds is 2. The second-order valence-electron chi connectivity index (χ2n) is 3.52. The fraction of sp³-hybridized carbons (Fsp3) is 0.250. The van der Waals surface area contributed by atoms with Crippen LogP contribution in [0.25, 0.3) is 11.5 Å². The van der Waals surface area contributed by atoms with E-state index < -0.39 is 0 Å². The standard InChI is InChI=1S/C12H12INO/c1-8-3-5-10(6-4-8)12-14-11(7-13)9(2)15-12/h3-6H,7H2,1-2H3. The van der Waals surface area contributed by atoms with Gasteiger partial charge in [0.15, 0.2) is 0 Å². The van der Waals surface area contributed by atoms with E-state index in [-0.39, 0.29) is 0 Å². The van der Waals surface area contributed by atoms with Crippen LogP contribution in [0.15, 0.2) is 28.7 Å². The summed E-state index contributed by atoms with van der Waals surface area (Å²) in [4.78, 5) is 4.45. The lowest BCUT2D eigenvalue weighted by Crippen LogP contribution is -1.81. The van der Waals surface area contributed by atoms with E-state index in [1.807, 2.05) is 19.1 Å². The highest BCUT2D eigenvalue weighted by Crippen LogP contribution is 2.23. The zero-order valence-corrected chi connectivity index (χ0v) is 10.9. The summed E-state index contributed by atoms with van der Waals surface area (Å²) in [6.45, 7) is 4.03. The Morgan fingerprint density at radius 2 is 1.87 bits per heavy atom. The molecule has 0 saturated carbocycles. The van der Waals surface area contributed by atoms with Gasteiger partial charge in [-0.25, -0.2) is 4.98 Å². The number of hydrogen-bond acceptors (Lipinski definition) is 2. The van der Waals surface area contributed by atoms with Crippen LogP contribution < -0.4 is 0 Å².